The molecule has 0 saturated carbocycles. The van der Waals surface area contributed by atoms with Gasteiger partial charge in [-0.25, -0.2) is 0 Å². The summed E-state index contributed by atoms with van der Waals surface area (Å²) >= 11 is 0.978. The van der Waals surface area contributed by atoms with Gasteiger partial charge in [-0.1, -0.05) is 6.07 Å². The van der Waals surface area contributed by atoms with Crippen LogP contribution in [0.4, 0.5) is 4.79 Å². The van der Waals surface area contributed by atoms with Crippen molar-refractivity contribution in [2.24, 2.45) is 0 Å². The van der Waals surface area contributed by atoms with Gasteiger partial charge in [0.15, 0.2) is 0 Å². The summed E-state index contributed by atoms with van der Waals surface area (Å²) in [4.78, 5) is 32.1. The third-order valence-electron chi connectivity index (χ3n) is 3.30. The first-order valence-electron chi connectivity index (χ1n) is 6.69. The van der Waals surface area contributed by atoms with Gasteiger partial charge in [-0.3, -0.25) is 24.4 Å². The van der Waals surface area contributed by atoms with Crippen molar-refractivity contribution < 1.29 is 14.3 Å². The molecule has 1 aromatic rings. The van der Waals surface area contributed by atoms with E-state index < -0.39 is 0 Å². The Balaban J connectivity index is 1.71. The van der Waals surface area contributed by atoms with E-state index >= 15 is 0 Å². The average molecular weight is 305 g/mol. The summed E-state index contributed by atoms with van der Waals surface area (Å²) in [6.45, 7) is 3.09. The Labute approximate surface area is 126 Å². The maximum Gasteiger partial charge on any atom is 0.294 e. The smallest absolute Gasteiger partial charge is 0.294 e. The minimum Gasteiger partial charge on any atom is -0.379 e. The van der Waals surface area contributed by atoms with Gasteiger partial charge in [0.05, 0.1) is 24.8 Å². The normalized spacial score (nSPS) is 22.3. The molecule has 0 N–H and O–H groups in total. The number of carbonyl (C=O) groups excluding carboxylic acids is 2. The second-order valence-electron chi connectivity index (χ2n) is 4.77. The summed E-state index contributed by atoms with van der Waals surface area (Å²) < 4.78 is 5.26. The number of hydrogen-bond acceptors (Lipinski definition) is 6. The Hall–Kier alpha value is -1.70. The number of rotatable bonds is 3. The molecule has 0 atom stereocenters. The second kappa shape index (κ2) is 6.38. The predicted octanol–water partition coefficient (Wildman–Crippen LogP) is 1.41. The highest BCUT2D eigenvalue weighted by Crippen LogP contribution is 2.32. The van der Waals surface area contributed by atoms with Crippen molar-refractivity contribution in [2.75, 3.05) is 33.0 Å². The van der Waals surface area contributed by atoms with Crippen molar-refractivity contribution in [2.45, 2.75) is 0 Å². The summed E-state index contributed by atoms with van der Waals surface area (Å²) in [7, 11) is 0. The number of ether oxygens (including phenoxy) is 1. The van der Waals surface area contributed by atoms with E-state index in [1.54, 1.807) is 24.5 Å². The van der Waals surface area contributed by atoms with Crippen LogP contribution in [-0.2, 0) is 9.53 Å². The highest BCUT2D eigenvalue weighted by Gasteiger charge is 2.36. The van der Waals surface area contributed by atoms with Crippen LogP contribution in [0.15, 0.2) is 29.4 Å². The minimum absolute atomic E-state index is 0.221. The number of aromatic nitrogens is 1. The van der Waals surface area contributed by atoms with E-state index in [-0.39, 0.29) is 11.1 Å². The van der Waals surface area contributed by atoms with E-state index in [2.05, 4.69) is 4.98 Å². The first-order valence-corrected chi connectivity index (χ1v) is 7.51. The van der Waals surface area contributed by atoms with E-state index in [1.807, 2.05) is 11.0 Å². The lowest BCUT2D eigenvalue weighted by molar-refractivity contribution is -0.125. The molecule has 0 radical (unpaired) electrons. The van der Waals surface area contributed by atoms with Gasteiger partial charge in [-0.05, 0) is 29.5 Å². The SMILES string of the molecule is O=C1S/C(=C/c2cccnc2)C(=O)N1CN1CCOCC1. The van der Waals surface area contributed by atoms with E-state index in [0.717, 1.165) is 30.4 Å². The zero-order valence-electron chi connectivity index (χ0n) is 11.4. The molecular formula is C14H15N3O3S. The Kier molecular flexibility index (Phi) is 4.33. The summed E-state index contributed by atoms with van der Waals surface area (Å²) in [6, 6.07) is 3.65. The van der Waals surface area contributed by atoms with Crippen LogP contribution < -0.4 is 0 Å². The zero-order chi connectivity index (χ0) is 14.7. The van der Waals surface area contributed by atoms with E-state index in [4.69, 9.17) is 4.74 Å². The second-order valence-corrected chi connectivity index (χ2v) is 5.76. The highest BCUT2D eigenvalue weighted by atomic mass is 32.2. The van der Waals surface area contributed by atoms with Crippen molar-refractivity contribution in [3.8, 4) is 0 Å². The van der Waals surface area contributed by atoms with E-state index in [1.165, 1.54) is 4.90 Å². The number of thioether (sulfide) groups is 1. The monoisotopic (exact) mass is 305 g/mol. The van der Waals surface area contributed by atoms with Crippen molar-refractivity contribution in [1.82, 2.24) is 14.8 Å². The Morgan fingerprint density at radius 1 is 1.33 bits per heavy atom. The van der Waals surface area contributed by atoms with Crippen LogP contribution in [0.25, 0.3) is 6.08 Å². The molecule has 6 nitrogen and oxygen atoms in total. The van der Waals surface area contributed by atoms with Gasteiger partial charge in [0, 0.05) is 25.5 Å². The third kappa shape index (κ3) is 3.31. The summed E-state index contributed by atoms with van der Waals surface area (Å²) in [5.41, 5.74) is 0.814. The average Bonchev–Trinajstić information content (AvgIpc) is 2.77. The highest BCUT2D eigenvalue weighted by molar-refractivity contribution is 8.18. The number of pyridine rings is 1. The van der Waals surface area contributed by atoms with Crippen molar-refractivity contribution in [3.63, 3.8) is 0 Å². The van der Waals surface area contributed by atoms with Crippen molar-refractivity contribution in [1.29, 1.82) is 0 Å². The molecule has 3 heterocycles. The van der Waals surface area contributed by atoms with Gasteiger partial charge in [-0.15, -0.1) is 0 Å². The third-order valence-corrected chi connectivity index (χ3v) is 4.21. The van der Waals surface area contributed by atoms with Crippen molar-refractivity contribution >= 4 is 29.0 Å². The maximum absolute atomic E-state index is 12.3. The number of nitrogens with zero attached hydrogens (tertiary/aromatic N) is 3. The molecule has 0 spiro atoms. The maximum atomic E-state index is 12.3. The molecule has 1 aromatic heterocycles. The fourth-order valence-corrected chi connectivity index (χ4v) is 3.01. The fourth-order valence-electron chi connectivity index (χ4n) is 2.18. The van der Waals surface area contributed by atoms with E-state index in [0.29, 0.717) is 24.8 Å². The molecule has 0 aromatic carbocycles. The number of amides is 2. The quantitative estimate of drug-likeness (QED) is 0.787. The lowest BCUT2D eigenvalue weighted by Crippen LogP contribution is -2.45. The molecule has 2 amide bonds. The molecular weight excluding hydrogens is 290 g/mol. The summed E-state index contributed by atoms with van der Waals surface area (Å²) in [5.74, 6) is -0.236. The molecule has 7 heteroatoms. The number of morpholine rings is 1. The summed E-state index contributed by atoms with van der Waals surface area (Å²) in [5, 5.41) is -0.221. The first-order chi connectivity index (χ1) is 10.2. The Bertz CT molecular complexity index is 570. The number of imide groups is 1. The molecule has 2 saturated heterocycles. The molecule has 0 aliphatic carbocycles. The van der Waals surface area contributed by atoms with E-state index in [9.17, 15) is 9.59 Å². The molecule has 21 heavy (non-hydrogen) atoms. The molecule has 2 aliphatic rings. The zero-order valence-corrected chi connectivity index (χ0v) is 12.2. The Morgan fingerprint density at radius 3 is 2.86 bits per heavy atom. The minimum atomic E-state index is -0.236. The molecule has 2 aliphatic heterocycles. The van der Waals surface area contributed by atoms with Crippen molar-refractivity contribution in [3.05, 3.63) is 35.0 Å². The number of hydrogen-bond donors (Lipinski definition) is 0. The standard InChI is InChI=1S/C14H15N3O3S/c18-13-12(8-11-2-1-3-15-9-11)21-14(19)17(13)10-16-4-6-20-7-5-16/h1-3,8-9H,4-7,10H2/b12-8+. The predicted molar refractivity (Wildman–Crippen MR) is 79.3 cm³/mol. The van der Waals surface area contributed by atoms with Crippen LogP contribution in [0, 0.1) is 0 Å². The molecule has 0 bridgehead atoms. The van der Waals surface area contributed by atoms with Crippen LogP contribution in [-0.4, -0.2) is 58.9 Å². The molecule has 2 fully saturated rings. The van der Waals surface area contributed by atoms with Gasteiger partial charge >= 0.3 is 0 Å². The number of carbonyl (C=O) groups is 2. The lowest BCUT2D eigenvalue weighted by Gasteiger charge is -2.29. The Morgan fingerprint density at radius 2 is 2.14 bits per heavy atom. The van der Waals surface area contributed by atoms with Gasteiger partial charge in [0.2, 0.25) is 0 Å². The van der Waals surface area contributed by atoms with Gasteiger partial charge in [-0.2, -0.15) is 0 Å². The lowest BCUT2D eigenvalue weighted by atomic mass is 10.2. The largest absolute Gasteiger partial charge is 0.379 e. The molecule has 110 valence electrons. The van der Waals surface area contributed by atoms with Gasteiger partial charge in [0.25, 0.3) is 11.1 Å². The molecule has 3 rings (SSSR count). The first kappa shape index (κ1) is 14.2. The van der Waals surface area contributed by atoms with Crippen LogP contribution >= 0.6 is 11.8 Å². The van der Waals surface area contributed by atoms with Crippen LogP contribution in [0.5, 0.6) is 0 Å². The van der Waals surface area contributed by atoms with Crippen LogP contribution in [0.3, 0.4) is 0 Å². The van der Waals surface area contributed by atoms with Crippen LogP contribution in [0.1, 0.15) is 5.56 Å². The summed E-state index contributed by atoms with van der Waals surface area (Å²) in [6.07, 6.45) is 5.04. The van der Waals surface area contributed by atoms with Crippen LogP contribution in [0.2, 0.25) is 0 Å². The van der Waals surface area contributed by atoms with Gasteiger partial charge < -0.3 is 4.74 Å². The fraction of sp³-hybridized carbons (Fsp3) is 0.357. The van der Waals surface area contributed by atoms with Gasteiger partial charge in [0.1, 0.15) is 0 Å². The molecule has 0 unspecified atom stereocenters. The topological polar surface area (TPSA) is 62.7 Å².